The van der Waals surface area contributed by atoms with Crippen LogP contribution < -0.4 is 16.0 Å². The number of anilines is 1. The molecule has 2 atom stereocenters. The lowest BCUT2D eigenvalue weighted by Gasteiger charge is -2.30. The number of pyridine rings is 1. The number of methoxy groups -OCH3 is 1. The van der Waals surface area contributed by atoms with Crippen molar-refractivity contribution in [3.63, 3.8) is 0 Å². The molecule has 1 aromatic heterocycles. The first-order chi connectivity index (χ1) is 18.2. The minimum absolute atomic E-state index is 0.0502. The smallest absolute Gasteiger partial charge is 0.281 e. The van der Waals surface area contributed by atoms with Gasteiger partial charge in [0.25, 0.3) is 18.2 Å². The molecule has 13 heteroatoms. The van der Waals surface area contributed by atoms with Gasteiger partial charge in [-0.3, -0.25) is 19.9 Å². The highest BCUT2D eigenvalue weighted by atomic mass is 32.2. The zero-order valence-electron chi connectivity index (χ0n) is 20.7. The normalized spacial score (nSPS) is 21.7. The maximum atomic E-state index is 13.6. The zero-order valence-corrected chi connectivity index (χ0v) is 21.5. The number of nitrogens with one attached hydrogen (secondary N) is 2. The topological polar surface area (TPSA) is 143 Å². The number of alkyl halides is 2. The van der Waals surface area contributed by atoms with Gasteiger partial charge in [0.2, 0.25) is 0 Å². The fourth-order valence-corrected chi connectivity index (χ4v) is 4.19. The molecule has 200 valence electrons. The number of allylic oxidation sites excluding steroid dienone is 1. The number of aliphatic imine (C=N–C) groups is 1. The van der Waals surface area contributed by atoms with E-state index in [1.807, 2.05) is 0 Å². The summed E-state index contributed by atoms with van der Waals surface area (Å²) in [4.78, 5) is 35.5. The second kappa shape index (κ2) is 11.7. The lowest BCUT2D eigenvalue weighted by Crippen LogP contribution is -2.47. The van der Waals surface area contributed by atoms with E-state index in [9.17, 15) is 18.4 Å². The summed E-state index contributed by atoms with van der Waals surface area (Å²) < 4.78 is 37.9. The highest BCUT2D eigenvalue weighted by molar-refractivity contribution is 8.26. The average molecular weight is 545 g/mol. The summed E-state index contributed by atoms with van der Waals surface area (Å²) in [6.45, 7) is 2.12. The Bertz CT molecular complexity index is 1300. The molecule has 3 heterocycles. The van der Waals surface area contributed by atoms with Crippen molar-refractivity contribution in [2.24, 2.45) is 16.6 Å². The summed E-state index contributed by atoms with van der Waals surface area (Å²) in [5.41, 5.74) is 6.22. The number of hydrogen-bond donors (Lipinski definition) is 3. The third-order valence-electron chi connectivity index (χ3n) is 5.88. The van der Waals surface area contributed by atoms with Crippen LogP contribution in [0.3, 0.4) is 0 Å². The van der Waals surface area contributed by atoms with Crippen LogP contribution in [-0.4, -0.2) is 65.8 Å². The third-order valence-corrected chi connectivity index (χ3v) is 6.49. The Labute approximate surface area is 222 Å². The molecule has 4 rings (SSSR count). The van der Waals surface area contributed by atoms with E-state index in [0.717, 1.165) is 24.6 Å². The highest BCUT2D eigenvalue weighted by Gasteiger charge is 2.31. The Morgan fingerprint density at radius 3 is 2.89 bits per heavy atom. The molecule has 2 fully saturated rings. The number of carbonyl (C=O) groups is 2. The summed E-state index contributed by atoms with van der Waals surface area (Å²) >= 11 is 0.739. The number of carbonyl (C=O) groups excluding carboxylic acids is 2. The molecule has 0 spiro atoms. The first kappa shape index (κ1) is 27.3. The molecule has 2 amide bonds. The van der Waals surface area contributed by atoms with Gasteiger partial charge in [-0.15, -0.1) is 0 Å². The first-order valence-corrected chi connectivity index (χ1v) is 12.6. The van der Waals surface area contributed by atoms with E-state index in [1.54, 1.807) is 6.92 Å². The number of amides is 2. The standard InChI is InChI=1S/C25H26F2N6O4S/c1-13-24(35)33(7-8-37-13)21-10-15(16-9-18(22(26)27)30-12-19(16)36-2)17(11-31-21)23(34)32-25(29)38-20(28)6-5-14-3-4-14/h9-14,18,22,28,30H,3-4,7-8H2,1-2H3,(H2,29,32,34)/t13-,18?/m0/s1. The largest absolute Gasteiger partial charge is 0.495 e. The van der Waals surface area contributed by atoms with Crippen LogP contribution in [0.25, 0.3) is 5.57 Å². The molecule has 4 N–H and O–H groups in total. The Kier molecular flexibility index (Phi) is 8.43. The van der Waals surface area contributed by atoms with Gasteiger partial charge in [0.05, 0.1) is 25.8 Å². The number of ether oxygens (including phenoxy) is 2. The summed E-state index contributed by atoms with van der Waals surface area (Å²) in [6, 6.07) is 0.112. The lowest BCUT2D eigenvalue weighted by molar-refractivity contribution is -0.132. The van der Waals surface area contributed by atoms with E-state index < -0.39 is 24.5 Å². The van der Waals surface area contributed by atoms with Crippen molar-refractivity contribution in [3.05, 3.63) is 41.4 Å². The molecule has 10 nitrogen and oxygen atoms in total. The van der Waals surface area contributed by atoms with E-state index in [4.69, 9.17) is 20.6 Å². The molecule has 38 heavy (non-hydrogen) atoms. The number of dihydropyridines is 1. The molecule has 2 aliphatic heterocycles. The fraction of sp³-hybridized carbons (Fsp3) is 0.400. The van der Waals surface area contributed by atoms with Crippen LogP contribution in [0.15, 0.2) is 35.3 Å². The third kappa shape index (κ3) is 6.38. The molecule has 1 aliphatic carbocycles. The number of aromatic nitrogens is 1. The van der Waals surface area contributed by atoms with Gasteiger partial charge in [-0.2, -0.15) is 4.99 Å². The van der Waals surface area contributed by atoms with Crippen molar-refractivity contribution in [1.29, 1.82) is 5.41 Å². The van der Waals surface area contributed by atoms with Gasteiger partial charge in [0.1, 0.15) is 28.8 Å². The van der Waals surface area contributed by atoms with Crippen molar-refractivity contribution in [1.82, 2.24) is 10.3 Å². The van der Waals surface area contributed by atoms with E-state index >= 15 is 0 Å². The number of amidine groups is 1. The molecular formula is C25H26F2N6O4S. The van der Waals surface area contributed by atoms with Gasteiger partial charge >= 0.3 is 0 Å². The minimum Gasteiger partial charge on any atom is -0.495 e. The molecule has 0 bridgehead atoms. The van der Waals surface area contributed by atoms with Gasteiger partial charge in [-0.05, 0) is 49.6 Å². The second-order valence-electron chi connectivity index (χ2n) is 8.64. The van der Waals surface area contributed by atoms with E-state index in [2.05, 4.69) is 27.1 Å². The number of hydrogen-bond acceptors (Lipinski definition) is 8. The first-order valence-electron chi connectivity index (χ1n) is 11.8. The maximum Gasteiger partial charge on any atom is 0.281 e. The number of morpholine rings is 1. The van der Waals surface area contributed by atoms with Crippen LogP contribution in [0.2, 0.25) is 0 Å². The van der Waals surface area contributed by atoms with Crippen LogP contribution in [0, 0.1) is 23.2 Å². The molecule has 1 saturated carbocycles. The quantitative estimate of drug-likeness (QED) is 0.292. The Balaban J connectivity index is 1.72. The molecule has 1 unspecified atom stereocenters. The number of nitrogens with zero attached hydrogens (tertiary/aromatic N) is 3. The Morgan fingerprint density at radius 1 is 1.45 bits per heavy atom. The molecule has 1 aromatic rings. The Morgan fingerprint density at radius 2 is 2.21 bits per heavy atom. The molecular weight excluding hydrogens is 518 g/mol. The average Bonchev–Trinajstić information content (AvgIpc) is 3.73. The summed E-state index contributed by atoms with van der Waals surface area (Å²) in [7, 11) is 1.36. The summed E-state index contributed by atoms with van der Waals surface area (Å²) in [6.07, 6.45) is 2.32. The molecule has 1 saturated heterocycles. The maximum absolute atomic E-state index is 13.6. The summed E-state index contributed by atoms with van der Waals surface area (Å²) in [5.74, 6) is 5.18. The SMILES string of the molecule is COC1=CNC(C(F)F)C=C1c1cc(N2CCO[C@@H](C)C2=O)ncc1C(=O)N=C(N)SC(=N)C#CC1CC1. The summed E-state index contributed by atoms with van der Waals surface area (Å²) in [5, 5.41) is 10.2. The zero-order chi connectivity index (χ0) is 27.4. The van der Waals surface area contributed by atoms with E-state index in [1.165, 1.54) is 36.5 Å². The molecule has 0 radical (unpaired) electrons. The van der Waals surface area contributed by atoms with Crippen LogP contribution in [-0.2, 0) is 14.3 Å². The molecule has 0 aromatic carbocycles. The van der Waals surface area contributed by atoms with Crippen molar-refractivity contribution < 1.29 is 27.8 Å². The fourth-order valence-electron chi connectivity index (χ4n) is 3.74. The number of halogens is 2. The van der Waals surface area contributed by atoms with Crippen molar-refractivity contribution in [2.75, 3.05) is 25.2 Å². The van der Waals surface area contributed by atoms with Crippen molar-refractivity contribution in [3.8, 4) is 11.8 Å². The van der Waals surface area contributed by atoms with Crippen molar-refractivity contribution in [2.45, 2.75) is 38.3 Å². The van der Waals surface area contributed by atoms with Crippen LogP contribution in [0.4, 0.5) is 14.6 Å². The minimum atomic E-state index is -2.74. The van der Waals surface area contributed by atoms with Gasteiger partial charge in [0.15, 0.2) is 5.17 Å². The van der Waals surface area contributed by atoms with Crippen LogP contribution in [0.1, 0.15) is 35.7 Å². The van der Waals surface area contributed by atoms with Gasteiger partial charge < -0.3 is 20.5 Å². The number of nitrogens with two attached hydrogens (primary N) is 1. The van der Waals surface area contributed by atoms with Gasteiger partial charge in [-0.1, -0.05) is 5.92 Å². The van der Waals surface area contributed by atoms with Crippen molar-refractivity contribution >= 4 is 45.2 Å². The highest BCUT2D eigenvalue weighted by Crippen LogP contribution is 2.33. The monoisotopic (exact) mass is 544 g/mol. The predicted molar refractivity (Wildman–Crippen MR) is 140 cm³/mol. The Hall–Kier alpha value is -3.76. The van der Waals surface area contributed by atoms with Crippen LogP contribution >= 0.6 is 11.8 Å². The molecule has 3 aliphatic rings. The predicted octanol–water partition coefficient (Wildman–Crippen LogP) is 2.52. The van der Waals surface area contributed by atoms with E-state index in [0.29, 0.717) is 5.92 Å². The van der Waals surface area contributed by atoms with Gasteiger partial charge in [-0.25, -0.2) is 13.8 Å². The van der Waals surface area contributed by atoms with Crippen LogP contribution in [0.5, 0.6) is 0 Å². The van der Waals surface area contributed by atoms with E-state index in [-0.39, 0.29) is 57.5 Å². The lowest BCUT2D eigenvalue weighted by atomic mass is 9.95. The van der Waals surface area contributed by atoms with Gasteiger partial charge in [0, 0.05) is 29.5 Å². The second-order valence-corrected chi connectivity index (χ2v) is 9.67. The number of thioether (sulfide) groups is 1. The number of rotatable bonds is 5.